The minimum Gasteiger partial charge on any atom is -0.457 e. The summed E-state index contributed by atoms with van der Waals surface area (Å²) in [6.45, 7) is 1.71. The summed E-state index contributed by atoms with van der Waals surface area (Å²) in [5, 5.41) is 0. The summed E-state index contributed by atoms with van der Waals surface area (Å²) in [6, 6.07) is 5.09. The number of hydrogen-bond donors (Lipinski definition) is 0. The maximum Gasteiger partial charge on any atom is 0.338 e. The first kappa shape index (κ1) is 7.98. The van der Waals surface area contributed by atoms with Gasteiger partial charge in [-0.05, 0) is 13.0 Å². The fraction of sp³-hybridized carbons (Fsp3) is 0.200. The number of carbonyl (C=O) groups is 2. The van der Waals surface area contributed by atoms with Crippen LogP contribution in [0.4, 0.5) is 0 Å². The zero-order valence-electron chi connectivity index (χ0n) is 7.16. The highest BCUT2D eigenvalue weighted by Gasteiger charge is 2.24. The van der Waals surface area contributed by atoms with Gasteiger partial charge in [-0.25, -0.2) is 4.79 Å². The number of rotatable bonds is 1. The van der Waals surface area contributed by atoms with Gasteiger partial charge >= 0.3 is 5.97 Å². The van der Waals surface area contributed by atoms with Crippen LogP contribution < -0.4 is 0 Å². The standard InChI is InChI=1S/C10H8O3/c1-6(11)7-3-2-4-8-9(7)5-13-10(8)12/h2-4H,5H2,1H3. The topological polar surface area (TPSA) is 43.4 Å². The van der Waals surface area contributed by atoms with E-state index in [4.69, 9.17) is 4.74 Å². The maximum absolute atomic E-state index is 11.1. The van der Waals surface area contributed by atoms with Crippen LogP contribution >= 0.6 is 0 Å². The predicted octanol–water partition coefficient (Wildman–Crippen LogP) is 1.56. The molecular weight excluding hydrogens is 168 g/mol. The normalized spacial score (nSPS) is 13.8. The fourth-order valence-electron chi connectivity index (χ4n) is 1.48. The Labute approximate surface area is 75.3 Å². The van der Waals surface area contributed by atoms with E-state index in [2.05, 4.69) is 0 Å². The molecule has 1 aromatic carbocycles. The Morgan fingerprint density at radius 2 is 2.23 bits per heavy atom. The van der Waals surface area contributed by atoms with Crippen molar-refractivity contribution in [2.75, 3.05) is 0 Å². The molecule has 1 aromatic rings. The van der Waals surface area contributed by atoms with Gasteiger partial charge in [-0.15, -0.1) is 0 Å². The zero-order chi connectivity index (χ0) is 9.42. The number of benzene rings is 1. The molecule has 0 aliphatic carbocycles. The van der Waals surface area contributed by atoms with Crippen LogP contribution in [0.5, 0.6) is 0 Å². The van der Waals surface area contributed by atoms with Crippen LogP contribution in [0, 0.1) is 0 Å². The first-order valence-corrected chi connectivity index (χ1v) is 4.00. The molecule has 0 radical (unpaired) electrons. The molecule has 13 heavy (non-hydrogen) atoms. The Kier molecular flexibility index (Phi) is 1.65. The number of ketones is 1. The van der Waals surface area contributed by atoms with Crippen LogP contribution in [0.1, 0.15) is 33.2 Å². The van der Waals surface area contributed by atoms with E-state index in [-0.39, 0.29) is 18.4 Å². The van der Waals surface area contributed by atoms with E-state index in [9.17, 15) is 9.59 Å². The van der Waals surface area contributed by atoms with Crippen molar-refractivity contribution in [3.8, 4) is 0 Å². The summed E-state index contributed by atoms with van der Waals surface area (Å²) in [5.41, 5.74) is 1.83. The second-order valence-electron chi connectivity index (χ2n) is 2.96. The van der Waals surface area contributed by atoms with E-state index in [1.165, 1.54) is 6.92 Å². The average Bonchev–Trinajstić information content (AvgIpc) is 2.48. The highest BCUT2D eigenvalue weighted by molar-refractivity contribution is 6.01. The first-order chi connectivity index (χ1) is 6.20. The van der Waals surface area contributed by atoms with E-state index in [1.807, 2.05) is 0 Å². The number of hydrogen-bond acceptors (Lipinski definition) is 3. The van der Waals surface area contributed by atoms with Crippen molar-refractivity contribution in [2.24, 2.45) is 0 Å². The van der Waals surface area contributed by atoms with Gasteiger partial charge in [-0.1, -0.05) is 12.1 Å². The van der Waals surface area contributed by atoms with Crippen molar-refractivity contribution in [1.29, 1.82) is 0 Å². The van der Waals surface area contributed by atoms with Crippen molar-refractivity contribution in [3.63, 3.8) is 0 Å². The summed E-state index contributed by atoms with van der Waals surface area (Å²) >= 11 is 0. The molecule has 3 heteroatoms. The molecule has 0 amide bonds. The first-order valence-electron chi connectivity index (χ1n) is 4.00. The molecule has 3 nitrogen and oxygen atoms in total. The van der Waals surface area contributed by atoms with Gasteiger partial charge in [0.05, 0.1) is 5.56 Å². The number of ether oxygens (including phenoxy) is 1. The summed E-state index contributed by atoms with van der Waals surface area (Å²) in [7, 11) is 0. The summed E-state index contributed by atoms with van der Waals surface area (Å²) in [6.07, 6.45) is 0. The number of fused-ring (bicyclic) bond motifs is 1. The quantitative estimate of drug-likeness (QED) is 0.481. The van der Waals surface area contributed by atoms with Gasteiger partial charge in [0.1, 0.15) is 6.61 Å². The van der Waals surface area contributed by atoms with Crippen LogP contribution in [0.2, 0.25) is 0 Å². The third-order valence-corrected chi connectivity index (χ3v) is 2.12. The number of carbonyl (C=O) groups excluding carboxylic acids is 2. The lowest BCUT2D eigenvalue weighted by atomic mass is 10.0. The highest BCUT2D eigenvalue weighted by Crippen LogP contribution is 2.23. The van der Waals surface area contributed by atoms with Crippen molar-refractivity contribution < 1.29 is 14.3 Å². The molecule has 0 unspecified atom stereocenters. The largest absolute Gasteiger partial charge is 0.457 e. The Bertz CT molecular complexity index is 393. The third-order valence-electron chi connectivity index (χ3n) is 2.12. The van der Waals surface area contributed by atoms with E-state index in [0.29, 0.717) is 11.1 Å². The average molecular weight is 176 g/mol. The summed E-state index contributed by atoms with van der Waals surface area (Å²) in [4.78, 5) is 22.3. The van der Waals surface area contributed by atoms with Crippen molar-refractivity contribution in [2.45, 2.75) is 13.5 Å². The third kappa shape index (κ3) is 1.13. The highest BCUT2D eigenvalue weighted by atomic mass is 16.5. The van der Waals surface area contributed by atoms with Crippen molar-refractivity contribution >= 4 is 11.8 Å². The van der Waals surface area contributed by atoms with E-state index < -0.39 is 0 Å². The maximum atomic E-state index is 11.1. The Morgan fingerprint density at radius 1 is 1.46 bits per heavy atom. The molecule has 0 aromatic heterocycles. The lowest BCUT2D eigenvalue weighted by Gasteiger charge is -1.99. The SMILES string of the molecule is CC(=O)c1cccc2c1COC2=O. The Morgan fingerprint density at radius 3 is 2.92 bits per heavy atom. The number of Topliss-reactive ketones (excluding diaryl/α,β-unsaturated/α-hetero) is 1. The molecule has 66 valence electrons. The minimum absolute atomic E-state index is 0.0323. The van der Waals surface area contributed by atoms with E-state index in [1.54, 1.807) is 18.2 Å². The molecule has 0 fully saturated rings. The predicted molar refractivity (Wildman–Crippen MR) is 45.6 cm³/mol. The molecule has 0 N–H and O–H groups in total. The van der Waals surface area contributed by atoms with Crippen molar-refractivity contribution in [3.05, 3.63) is 34.9 Å². The monoisotopic (exact) mass is 176 g/mol. The molecular formula is C10H8O3. The summed E-state index contributed by atoms with van der Waals surface area (Å²) < 4.78 is 4.82. The zero-order valence-corrected chi connectivity index (χ0v) is 7.16. The molecule has 0 bridgehead atoms. The van der Waals surface area contributed by atoms with E-state index >= 15 is 0 Å². The van der Waals surface area contributed by atoms with Gasteiger partial charge in [0, 0.05) is 11.1 Å². The molecule has 1 aliphatic heterocycles. The lowest BCUT2D eigenvalue weighted by Crippen LogP contribution is -1.99. The summed E-state index contributed by atoms with van der Waals surface area (Å²) in [5.74, 6) is -0.367. The molecule has 0 spiro atoms. The van der Waals surface area contributed by atoms with Gasteiger partial charge in [-0.2, -0.15) is 0 Å². The lowest BCUT2D eigenvalue weighted by molar-refractivity contribution is 0.0534. The Balaban J connectivity index is 2.63. The molecule has 0 atom stereocenters. The van der Waals surface area contributed by atoms with Crippen LogP contribution in [-0.4, -0.2) is 11.8 Å². The second kappa shape index (κ2) is 2.69. The molecule has 0 saturated heterocycles. The van der Waals surface area contributed by atoms with E-state index in [0.717, 1.165) is 5.56 Å². The van der Waals surface area contributed by atoms with Crippen LogP contribution in [0.25, 0.3) is 0 Å². The van der Waals surface area contributed by atoms with Gasteiger partial charge in [-0.3, -0.25) is 4.79 Å². The number of esters is 1. The Hall–Kier alpha value is -1.64. The van der Waals surface area contributed by atoms with Crippen LogP contribution in [0.15, 0.2) is 18.2 Å². The molecule has 2 rings (SSSR count). The molecule has 1 aliphatic rings. The van der Waals surface area contributed by atoms with Gasteiger partial charge in [0.2, 0.25) is 0 Å². The fourth-order valence-corrected chi connectivity index (χ4v) is 1.48. The van der Waals surface area contributed by atoms with Gasteiger partial charge in [0.15, 0.2) is 5.78 Å². The van der Waals surface area contributed by atoms with Crippen molar-refractivity contribution in [1.82, 2.24) is 0 Å². The van der Waals surface area contributed by atoms with Gasteiger partial charge in [0.25, 0.3) is 0 Å². The molecule has 0 saturated carbocycles. The smallest absolute Gasteiger partial charge is 0.338 e. The van der Waals surface area contributed by atoms with Gasteiger partial charge < -0.3 is 4.74 Å². The minimum atomic E-state index is -0.335. The number of cyclic esters (lactones) is 1. The van der Waals surface area contributed by atoms with Crippen LogP contribution in [-0.2, 0) is 11.3 Å². The second-order valence-corrected chi connectivity index (χ2v) is 2.96. The van der Waals surface area contributed by atoms with Crippen LogP contribution in [0.3, 0.4) is 0 Å². The molecule has 1 heterocycles.